The summed E-state index contributed by atoms with van der Waals surface area (Å²) < 4.78 is 0. The van der Waals surface area contributed by atoms with Gasteiger partial charge in [0.15, 0.2) is 0 Å². The van der Waals surface area contributed by atoms with Gasteiger partial charge in [0.2, 0.25) is 0 Å². The highest BCUT2D eigenvalue weighted by Crippen LogP contribution is 2.13. The molecule has 8 heteroatoms. The fourth-order valence-corrected chi connectivity index (χ4v) is 6.29. The fraction of sp³-hybridized carbons (Fsp3) is 1.00. The molecule has 7 N–H and O–H groups in total. The standard InChI is InChI=1S/C33H72N8/c1-4-6-8-10-12-14-23-41(24-15-13-11-9-7-5-2)25-22-40-33-29-37-19-16-34-26-32(3,27-35-17-20-38-30-33)28-36-18-21-39-31-33/h34-40H,4-31H2,1-3H3. The zero-order valence-electron chi connectivity index (χ0n) is 27.7. The van der Waals surface area contributed by atoms with Gasteiger partial charge in [-0.1, -0.05) is 85.0 Å². The van der Waals surface area contributed by atoms with E-state index < -0.39 is 0 Å². The zero-order chi connectivity index (χ0) is 29.3. The summed E-state index contributed by atoms with van der Waals surface area (Å²) in [6.45, 7) is 23.8. The van der Waals surface area contributed by atoms with Crippen molar-refractivity contribution in [2.75, 3.05) is 105 Å². The van der Waals surface area contributed by atoms with Crippen LogP contribution in [0.1, 0.15) is 97.8 Å². The van der Waals surface area contributed by atoms with Crippen LogP contribution in [0, 0.1) is 5.41 Å². The third kappa shape index (κ3) is 18.2. The summed E-state index contributed by atoms with van der Waals surface area (Å²) >= 11 is 0. The molecular formula is C33H72N8. The lowest BCUT2D eigenvalue weighted by Crippen LogP contribution is -2.65. The van der Waals surface area contributed by atoms with Gasteiger partial charge in [0, 0.05) is 97.0 Å². The Morgan fingerprint density at radius 1 is 0.488 bits per heavy atom. The average molecular weight is 581 g/mol. The minimum Gasteiger partial charge on any atom is -0.315 e. The summed E-state index contributed by atoms with van der Waals surface area (Å²) in [6.07, 6.45) is 16.5. The lowest BCUT2D eigenvalue weighted by molar-refractivity contribution is 0.223. The topological polar surface area (TPSA) is 87.5 Å². The molecule has 3 aliphatic heterocycles. The minimum absolute atomic E-state index is 0.00523. The first kappa shape index (κ1) is 36.9. The van der Waals surface area contributed by atoms with E-state index in [-0.39, 0.29) is 11.0 Å². The second-order valence-electron chi connectivity index (χ2n) is 13.5. The third-order valence-corrected chi connectivity index (χ3v) is 9.06. The highest BCUT2D eigenvalue weighted by atomic mass is 15.2. The third-order valence-electron chi connectivity index (χ3n) is 9.06. The highest BCUT2D eigenvalue weighted by molar-refractivity contribution is 4.96. The Kier molecular flexibility index (Phi) is 21.6. The largest absolute Gasteiger partial charge is 0.315 e. The van der Waals surface area contributed by atoms with Gasteiger partial charge in [-0.25, -0.2) is 0 Å². The smallest absolute Gasteiger partial charge is 0.0558 e. The summed E-state index contributed by atoms with van der Waals surface area (Å²) in [6, 6.07) is 0. The minimum atomic E-state index is -0.00523. The number of hydrogen-bond acceptors (Lipinski definition) is 8. The Morgan fingerprint density at radius 2 is 0.854 bits per heavy atom. The van der Waals surface area contributed by atoms with Crippen molar-refractivity contribution in [2.45, 2.75) is 103 Å². The van der Waals surface area contributed by atoms with Gasteiger partial charge >= 0.3 is 0 Å². The van der Waals surface area contributed by atoms with Gasteiger partial charge in [0.05, 0.1) is 5.54 Å². The first-order chi connectivity index (χ1) is 20.1. The lowest BCUT2D eigenvalue weighted by Gasteiger charge is -2.38. The molecule has 3 aliphatic rings. The van der Waals surface area contributed by atoms with Crippen LogP contribution in [0.2, 0.25) is 0 Å². The van der Waals surface area contributed by atoms with Gasteiger partial charge in [-0.3, -0.25) is 0 Å². The number of nitrogens with one attached hydrogen (secondary N) is 7. The molecule has 3 rings (SSSR count). The lowest BCUT2D eigenvalue weighted by atomic mass is 9.90. The molecule has 0 aliphatic carbocycles. The van der Waals surface area contributed by atoms with Crippen molar-refractivity contribution in [3.63, 3.8) is 0 Å². The summed E-state index contributed by atoms with van der Waals surface area (Å²) in [5.74, 6) is 0. The molecule has 3 saturated heterocycles. The molecule has 3 heterocycles. The van der Waals surface area contributed by atoms with Crippen molar-refractivity contribution < 1.29 is 0 Å². The Morgan fingerprint density at radius 3 is 1.27 bits per heavy atom. The van der Waals surface area contributed by atoms with Gasteiger partial charge in [0.25, 0.3) is 0 Å². The maximum Gasteiger partial charge on any atom is 0.0558 e. The van der Waals surface area contributed by atoms with Crippen molar-refractivity contribution in [2.24, 2.45) is 5.41 Å². The van der Waals surface area contributed by atoms with E-state index in [9.17, 15) is 0 Å². The van der Waals surface area contributed by atoms with Gasteiger partial charge in [-0.15, -0.1) is 0 Å². The van der Waals surface area contributed by atoms with Gasteiger partial charge in [0.1, 0.15) is 0 Å². The van der Waals surface area contributed by atoms with Crippen LogP contribution in [0.5, 0.6) is 0 Å². The molecule has 0 aromatic heterocycles. The van der Waals surface area contributed by atoms with Crippen LogP contribution >= 0.6 is 0 Å². The van der Waals surface area contributed by atoms with E-state index >= 15 is 0 Å². The van der Waals surface area contributed by atoms with E-state index in [2.05, 4.69) is 62.9 Å². The van der Waals surface area contributed by atoms with E-state index in [1.807, 2.05) is 0 Å². The van der Waals surface area contributed by atoms with Gasteiger partial charge < -0.3 is 42.1 Å². The summed E-state index contributed by atoms with van der Waals surface area (Å²) in [7, 11) is 0. The summed E-state index contributed by atoms with van der Waals surface area (Å²) in [4.78, 5) is 2.76. The first-order valence-electron chi connectivity index (χ1n) is 17.8. The van der Waals surface area contributed by atoms with Crippen LogP contribution < -0.4 is 37.2 Å². The highest BCUT2D eigenvalue weighted by Gasteiger charge is 2.30. The van der Waals surface area contributed by atoms with Gasteiger partial charge in [-0.2, -0.15) is 0 Å². The second kappa shape index (κ2) is 24.1. The molecule has 0 aromatic carbocycles. The van der Waals surface area contributed by atoms with Crippen molar-refractivity contribution in [1.29, 1.82) is 0 Å². The molecular weight excluding hydrogens is 508 g/mol. The molecule has 0 unspecified atom stereocenters. The predicted molar refractivity (Wildman–Crippen MR) is 179 cm³/mol. The SMILES string of the molecule is CCCCCCCCN(CCCCCCCC)CCNC12CNCCNCC(C)(CNCCNC1)CNCCNC2. The van der Waals surface area contributed by atoms with Crippen LogP contribution in [0.4, 0.5) is 0 Å². The first-order valence-corrected chi connectivity index (χ1v) is 17.8. The maximum absolute atomic E-state index is 4.08. The number of unbranched alkanes of at least 4 members (excludes halogenated alkanes) is 10. The molecule has 41 heavy (non-hydrogen) atoms. The molecule has 0 amide bonds. The van der Waals surface area contributed by atoms with Crippen molar-refractivity contribution in [1.82, 2.24) is 42.1 Å². The van der Waals surface area contributed by atoms with Crippen molar-refractivity contribution in [3.8, 4) is 0 Å². The maximum atomic E-state index is 4.08. The van der Waals surface area contributed by atoms with Crippen molar-refractivity contribution >= 4 is 0 Å². The van der Waals surface area contributed by atoms with E-state index in [1.54, 1.807) is 0 Å². The molecule has 0 aromatic rings. The van der Waals surface area contributed by atoms with E-state index in [0.29, 0.717) is 0 Å². The van der Waals surface area contributed by atoms with E-state index in [1.165, 1.54) is 90.1 Å². The number of hydrogen-bond donors (Lipinski definition) is 7. The molecule has 0 saturated carbocycles. The van der Waals surface area contributed by atoms with E-state index in [0.717, 1.165) is 91.6 Å². The Balaban J connectivity index is 1.94. The van der Waals surface area contributed by atoms with Crippen LogP contribution in [-0.4, -0.2) is 115 Å². The molecule has 0 atom stereocenters. The molecule has 0 radical (unpaired) electrons. The quantitative estimate of drug-likeness (QED) is 0.125. The second-order valence-corrected chi connectivity index (χ2v) is 13.5. The van der Waals surface area contributed by atoms with Crippen LogP contribution in [-0.2, 0) is 0 Å². The van der Waals surface area contributed by atoms with Crippen LogP contribution in [0.3, 0.4) is 0 Å². The molecule has 8 nitrogen and oxygen atoms in total. The normalized spacial score (nSPS) is 25.8. The predicted octanol–water partition coefficient (Wildman–Crippen LogP) is 2.91. The Bertz CT molecular complexity index is 530. The summed E-state index contributed by atoms with van der Waals surface area (Å²) in [5.41, 5.74) is 0.213. The molecule has 2 bridgehead atoms. The van der Waals surface area contributed by atoms with E-state index in [4.69, 9.17) is 0 Å². The molecule has 244 valence electrons. The van der Waals surface area contributed by atoms with Crippen molar-refractivity contribution in [3.05, 3.63) is 0 Å². The Labute approximate surface area is 255 Å². The van der Waals surface area contributed by atoms with Crippen LogP contribution in [0.15, 0.2) is 0 Å². The monoisotopic (exact) mass is 581 g/mol. The fourth-order valence-electron chi connectivity index (χ4n) is 6.29. The Hall–Kier alpha value is -0.320. The molecule has 3 fully saturated rings. The number of rotatable bonds is 18. The summed E-state index contributed by atoms with van der Waals surface area (Å²) in [5, 5.41) is 26.7. The zero-order valence-corrected chi connectivity index (χ0v) is 27.7. The number of fused-ring (bicyclic) bond motifs is 15. The van der Waals surface area contributed by atoms with Crippen LogP contribution in [0.25, 0.3) is 0 Å². The number of nitrogens with zero attached hydrogens (tertiary/aromatic N) is 1. The van der Waals surface area contributed by atoms with Gasteiger partial charge in [-0.05, 0) is 25.9 Å². The molecule has 0 spiro atoms. The average Bonchev–Trinajstić information content (AvgIpc) is 2.97.